The first-order chi connectivity index (χ1) is 10.4. The van der Waals surface area contributed by atoms with Crippen molar-refractivity contribution < 1.29 is 9.53 Å². The third-order valence-electron chi connectivity index (χ3n) is 4.23. The first-order valence-corrected chi connectivity index (χ1v) is 7.49. The summed E-state index contributed by atoms with van der Waals surface area (Å²) in [5.74, 6) is -0.310. The van der Waals surface area contributed by atoms with Gasteiger partial charge in [-0.15, -0.1) is 0 Å². The van der Waals surface area contributed by atoms with Gasteiger partial charge in [0, 0.05) is 11.5 Å². The second kappa shape index (κ2) is 5.13. The van der Waals surface area contributed by atoms with Crippen LogP contribution in [0.1, 0.15) is 37.8 Å². The normalized spacial score (nSPS) is 13.4. The van der Waals surface area contributed by atoms with Crippen molar-refractivity contribution in [2.75, 3.05) is 0 Å². The van der Waals surface area contributed by atoms with E-state index in [0.29, 0.717) is 5.57 Å². The van der Waals surface area contributed by atoms with Gasteiger partial charge in [0.15, 0.2) is 0 Å². The molecule has 22 heavy (non-hydrogen) atoms. The number of hydrogen-bond donors (Lipinski definition) is 0. The van der Waals surface area contributed by atoms with Crippen LogP contribution in [0.2, 0.25) is 0 Å². The largest absolute Gasteiger partial charge is 0.455 e. The molecule has 0 saturated carbocycles. The summed E-state index contributed by atoms with van der Waals surface area (Å²) in [4.78, 5) is 12.0. The van der Waals surface area contributed by atoms with Gasteiger partial charge in [0.05, 0.1) is 0 Å². The van der Waals surface area contributed by atoms with Gasteiger partial charge < -0.3 is 4.74 Å². The lowest BCUT2D eigenvalue weighted by Crippen LogP contribution is -2.35. The smallest absolute Gasteiger partial charge is 0.333 e. The highest BCUT2D eigenvalue weighted by molar-refractivity contribution is 5.87. The van der Waals surface area contributed by atoms with Crippen molar-refractivity contribution >= 4 is 5.97 Å². The van der Waals surface area contributed by atoms with E-state index in [0.717, 1.165) is 0 Å². The number of fused-ring (bicyclic) bond motifs is 3. The van der Waals surface area contributed by atoms with Crippen LogP contribution in [0.15, 0.2) is 60.7 Å². The number of rotatable bonds is 3. The second-order valence-corrected chi connectivity index (χ2v) is 6.38. The summed E-state index contributed by atoms with van der Waals surface area (Å²) >= 11 is 0. The van der Waals surface area contributed by atoms with E-state index in [-0.39, 0.29) is 11.9 Å². The molecule has 2 heteroatoms. The lowest BCUT2D eigenvalue weighted by Gasteiger charge is -2.33. The average Bonchev–Trinajstić information content (AvgIpc) is 2.82. The van der Waals surface area contributed by atoms with Gasteiger partial charge in [-0.05, 0) is 43.0 Å². The van der Waals surface area contributed by atoms with Gasteiger partial charge in [0.1, 0.15) is 5.60 Å². The molecule has 3 rings (SSSR count). The highest BCUT2D eigenvalue weighted by Crippen LogP contribution is 2.50. The van der Waals surface area contributed by atoms with Crippen molar-refractivity contribution in [1.82, 2.24) is 0 Å². The van der Waals surface area contributed by atoms with Crippen molar-refractivity contribution in [3.8, 4) is 11.1 Å². The molecule has 0 aliphatic heterocycles. The molecule has 112 valence electrons. The van der Waals surface area contributed by atoms with Crippen LogP contribution in [0.3, 0.4) is 0 Å². The Morgan fingerprint density at radius 2 is 1.45 bits per heavy atom. The monoisotopic (exact) mass is 292 g/mol. The third kappa shape index (κ3) is 2.25. The molecule has 0 fully saturated rings. The predicted octanol–water partition coefficient (Wildman–Crippen LogP) is 4.70. The lowest BCUT2D eigenvalue weighted by molar-refractivity contribution is -0.152. The molecule has 0 atom stereocenters. The zero-order chi connectivity index (χ0) is 15.9. The van der Waals surface area contributed by atoms with Gasteiger partial charge in [0.25, 0.3) is 0 Å². The number of esters is 1. The summed E-state index contributed by atoms with van der Waals surface area (Å²) in [5.41, 5.74) is 4.66. The Bertz CT molecular complexity index is 710. The van der Waals surface area contributed by atoms with Crippen molar-refractivity contribution in [3.63, 3.8) is 0 Å². The van der Waals surface area contributed by atoms with Gasteiger partial charge in [-0.3, -0.25) is 0 Å². The van der Waals surface area contributed by atoms with Crippen molar-refractivity contribution in [2.45, 2.75) is 32.3 Å². The molecule has 2 nitrogen and oxygen atoms in total. The SMILES string of the molecule is C=C(C)C(=O)OC(C)(C)C1c2ccccc2-c2ccccc21. The molecule has 0 heterocycles. The summed E-state index contributed by atoms with van der Waals surface area (Å²) < 4.78 is 5.76. The molecule has 2 aromatic carbocycles. The van der Waals surface area contributed by atoms with Gasteiger partial charge in [-0.25, -0.2) is 4.79 Å². The Balaban J connectivity index is 2.10. The molecule has 0 amide bonds. The summed E-state index contributed by atoms with van der Waals surface area (Å²) in [6.07, 6.45) is 0. The minimum absolute atomic E-state index is 0.0307. The summed E-state index contributed by atoms with van der Waals surface area (Å²) in [6, 6.07) is 16.7. The Labute approximate surface area is 131 Å². The number of carbonyl (C=O) groups excluding carboxylic acids is 1. The van der Waals surface area contributed by atoms with E-state index in [1.54, 1.807) is 6.92 Å². The molecule has 1 aliphatic carbocycles. The Morgan fingerprint density at radius 1 is 1.00 bits per heavy atom. The summed E-state index contributed by atoms with van der Waals surface area (Å²) in [6.45, 7) is 9.29. The van der Waals surface area contributed by atoms with Crippen molar-refractivity contribution in [3.05, 3.63) is 71.8 Å². The minimum Gasteiger partial charge on any atom is -0.455 e. The molecule has 0 aromatic heterocycles. The molecule has 0 unspecified atom stereocenters. The zero-order valence-corrected chi connectivity index (χ0v) is 13.2. The van der Waals surface area contributed by atoms with E-state index in [1.807, 2.05) is 38.1 Å². The van der Waals surface area contributed by atoms with Crippen molar-refractivity contribution in [1.29, 1.82) is 0 Å². The van der Waals surface area contributed by atoms with Crippen LogP contribution in [-0.4, -0.2) is 11.6 Å². The molecular weight excluding hydrogens is 272 g/mol. The molecule has 0 radical (unpaired) electrons. The third-order valence-corrected chi connectivity index (χ3v) is 4.23. The average molecular weight is 292 g/mol. The van der Waals surface area contributed by atoms with E-state index >= 15 is 0 Å². The molecule has 1 aliphatic rings. The van der Waals surface area contributed by atoms with E-state index < -0.39 is 5.60 Å². The number of ether oxygens (including phenoxy) is 1. The quantitative estimate of drug-likeness (QED) is 0.605. The van der Waals surface area contributed by atoms with Crippen LogP contribution in [0.25, 0.3) is 11.1 Å². The summed E-state index contributed by atoms with van der Waals surface area (Å²) in [5, 5.41) is 0. The Hall–Kier alpha value is -2.35. The number of benzene rings is 2. The molecule has 0 bridgehead atoms. The van der Waals surface area contributed by atoms with Crippen LogP contribution in [-0.2, 0) is 9.53 Å². The first kappa shape index (κ1) is 14.6. The predicted molar refractivity (Wildman–Crippen MR) is 88.7 cm³/mol. The van der Waals surface area contributed by atoms with Crippen LogP contribution < -0.4 is 0 Å². The van der Waals surface area contributed by atoms with E-state index in [2.05, 4.69) is 30.8 Å². The van der Waals surface area contributed by atoms with Gasteiger partial charge in [-0.1, -0.05) is 55.1 Å². The molecule has 0 spiro atoms. The Kier molecular flexibility index (Phi) is 3.40. The molecule has 0 saturated heterocycles. The molecule has 0 N–H and O–H groups in total. The fourth-order valence-electron chi connectivity index (χ4n) is 3.29. The fraction of sp³-hybridized carbons (Fsp3) is 0.250. The number of hydrogen-bond acceptors (Lipinski definition) is 2. The first-order valence-electron chi connectivity index (χ1n) is 7.49. The highest BCUT2D eigenvalue weighted by atomic mass is 16.6. The standard InChI is InChI=1S/C20H20O2/c1-13(2)19(21)22-20(3,4)18-16-11-7-5-9-14(16)15-10-6-8-12-17(15)18/h5-12,18H,1H2,2-4H3. The van der Waals surface area contributed by atoms with Crippen LogP contribution >= 0.6 is 0 Å². The second-order valence-electron chi connectivity index (χ2n) is 6.38. The molecule has 2 aromatic rings. The zero-order valence-electron chi connectivity index (χ0n) is 13.2. The maximum Gasteiger partial charge on any atom is 0.333 e. The topological polar surface area (TPSA) is 26.3 Å². The lowest BCUT2D eigenvalue weighted by atomic mass is 9.82. The van der Waals surface area contributed by atoms with Crippen LogP contribution in [0, 0.1) is 0 Å². The fourth-order valence-corrected chi connectivity index (χ4v) is 3.29. The van der Waals surface area contributed by atoms with E-state index in [4.69, 9.17) is 4.74 Å². The number of carbonyl (C=O) groups is 1. The van der Waals surface area contributed by atoms with Crippen molar-refractivity contribution in [2.24, 2.45) is 0 Å². The van der Waals surface area contributed by atoms with Gasteiger partial charge in [-0.2, -0.15) is 0 Å². The van der Waals surface area contributed by atoms with E-state index in [9.17, 15) is 4.79 Å². The molecular formula is C20H20O2. The minimum atomic E-state index is -0.640. The highest BCUT2D eigenvalue weighted by Gasteiger charge is 2.41. The van der Waals surface area contributed by atoms with E-state index in [1.165, 1.54) is 22.3 Å². The maximum absolute atomic E-state index is 12.0. The van der Waals surface area contributed by atoms with Gasteiger partial charge in [0.2, 0.25) is 0 Å². The summed E-state index contributed by atoms with van der Waals surface area (Å²) in [7, 11) is 0. The maximum atomic E-state index is 12.0. The Morgan fingerprint density at radius 3 is 1.91 bits per heavy atom. The van der Waals surface area contributed by atoms with Gasteiger partial charge >= 0.3 is 5.97 Å². The van der Waals surface area contributed by atoms with Crippen LogP contribution in [0.5, 0.6) is 0 Å². The van der Waals surface area contributed by atoms with Crippen LogP contribution in [0.4, 0.5) is 0 Å².